The highest BCUT2D eigenvalue weighted by Gasteiger charge is 2.20. The molecular weight excluding hydrogens is 274 g/mol. The third kappa shape index (κ3) is 3.38. The molecule has 0 fully saturated rings. The molecule has 1 aliphatic heterocycles. The number of nitrogens with zero attached hydrogens (tertiary/aromatic N) is 1. The Kier molecular flexibility index (Phi) is 3.97. The van der Waals surface area contributed by atoms with Gasteiger partial charge in [-0.1, -0.05) is 60.2 Å². The van der Waals surface area contributed by atoms with E-state index in [-0.39, 0.29) is 0 Å². The maximum absolute atomic E-state index is 11.8. The lowest BCUT2D eigenvalue weighted by Gasteiger charge is -1.94. The summed E-state index contributed by atoms with van der Waals surface area (Å²) < 4.78 is 5.15. The van der Waals surface area contributed by atoms with Crippen molar-refractivity contribution >= 4 is 24.0 Å². The van der Waals surface area contributed by atoms with Crippen LogP contribution in [0.2, 0.25) is 0 Å². The van der Waals surface area contributed by atoms with Crippen LogP contribution >= 0.6 is 0 Å². The molecule has 108 valence electrons. The minimum atomic E-state index is -0.424. The Balaban J connectivity index is 1.78. The first-order chi connectivity index (χ1) is 10.7. The van der Waals surface area contributed by atoms with E-state index in [0.717, 1.165) is 11.1 Å². The second-order valence-corrected chi connectivity index (χ2v) is 5.02. The van der Waals surface area contributed by atoms with Crippen molar-refractivity contribution in [3.63, 3.8) is 0 Å². The average molecular weight is 289 g/mol. The number of esters is 1. The first-order valence-corrected chi connectivity index (χ1v) is 7.03. The van der Waals surface area contributed by atoms with Crippen molar-refractivity contribution in [3.05, 3.63) is 83.1 Å². The number of aliphatic imine (C=N–C) groups is 1. The molecular formula is C19H15NO2. The summed E-state index contributed by atoms with van der Waals surface area (Å²) in [5, 5.41) is 0. The summed E-state index contributed by atoms with van der Waals surface area (Å²) in [6.45, 7) is 2.04. The summed E-state index contributed by atoms with van der Waals surface area (Å²) in [5.74, 6) is -0.111. The third-order valence-corrected chi connectivity index (χ3v) is 3.24. The molecule has 2 aromatic carbocycles. The molecule has 0 atom stereocenters. The van der Waals surface area contributed by atoms with E-state index in [1.807, 2.05) is 67.6 Å². The van der Waals surface area contributed by atoms with Crippen LogP contribution in [0.15, 0.2) is 71.4 Å². The number of rotatable bonds is 3. The predicted molar refractivity (Wildman–Crippen MR) is 88.2 cm³/mol. The van der Waals surface area contributed by atoms with Gasteiger partial charge in [-0.15, -0.1) is 0 Å². The van der Waals surface area contributed by atoms with Crippen LogP contribution in [0.4, 0.5) is 0 Å². The SMILES string of the molecule is Cc1ccc(C=CC2=NC(=Cc3ccccc3)C(=O)O2)cc1. The summed E-state index contributed by atoms with van der Waals surface area (Å²) >= 11 is 0. The molecule has 1 aliphatic rings. The molecule has 22 heavy (non-hydrogen) atoms. The van der Waals surface area contributed by atoms with Gasteiger partial charge < -0.3 is 4.74 Å². The monoisotopic (exact) mass is 289 g/mol. The zero-order valence-electron chi connectivity index (χ0n) is 12.2. The molecule has 0 aromatic heterocycles. The molecule has 3 heteroatoms. The molecule has 0 saturated heterocycles. The van der Waals surface area contributed by atoms with E-state index in [0.29, 0.717) is 11.6 Å². The smallest absolute Gasteiger partial charge is 0.363 e. The largest absolute Gasteiger partial charge is 0.403 e. The van der Waals surface area contributed by atoms with Crippen molar-refractivity contribution < 1.29 is 9.53 Å². The van der Waals surface area contributed by atoms with E-state index in [9.17, 15) is 4.79 Å². The molecule has 0 amide bonds. The lowest BCUT2D eigenvalue weighted by Crippen LogP contribution is -2.01. The molecule has 0 aliphatic carbocycles. The number of hydrogen-bond acceptors (Lipinski definition) is 3. The van der Waals surface area contributed by atoms with Gasteiger partial charge in [0.05, 0.1) is 0 Å². The lowest BCUT2D eigenvalue weighted by molar-refractivity contribution is -0.129. The molecule has 0 radical (unpaired) electrons. The van der Waals surface area contributed by atoms with Crippen LogP contribution in [0, 0.1) is 6.92 Å². The zero-order chi connectivity index (χ0) is 15.4. The Morgan fingerprint density at radius 1 is 0.909 bits per heavy atom. The highest BCUT2D eigenvalue weighted by atomic mass is 16.6. The Morgan fingerprint density at radius 3 is 2.36 bits per heavy atom. The fourth-order valence-corrected chi connectivity index (χ4v) is 2.05. The minimum Gasteiger partial charge on any atom is -0.403 e. The van der Waals surface area contributed by atoms with Crippen molar-refractivity contribution in [2.24, 2.45) is 4.99 Å². The fraction of sp³-hybridized carbons (Fsp3) is 0.0526. The number of carbonyl (C=O) groups excluding carboxylic acids is 1. The van der Waals surface area contributed by atoms with E-state index in [1.54, 1.807) is 12.2 Å². The summed E-state index contributed by atoms with van der Waals surface area (Å²) in [6.07, 6.45) is 5.29. The highest BCUT2D eigenvalue weighted by Crippen LogP contribution is 2.16. The quantitative estimate of drug-likeness (QED) is 0.632. The van der Waals surface area contributed by atoms with E-state index < -0.39 is 5.97 Å². The van der Waals surface area contributed by atoms with Gasteiger partial charge in [0.2, 0.25) is 5.90 Å². The van der Waals surface area contributed by atoms with Crippen LogP contribution in [-0.2, 0) is 9.53 Å². The van der Waals surface area contributed by atoms with Crippen molar-refractivity contribution in [2.45, 2.75) is 6.92 Å². The molecule has 0 spiro atoms. The van der Waals surface area contributed by atoms with Crippen LogP contribution in [-0.4, -0.2) is 11.9 Å². The summed E-state index contributed by atoms with van der Waals surface area (Å²) in [5.41, 5.74) is 3.47. The van der Waals surface area contributed by atoms with Gasteiger partial charge in [-0.05, 0) is 30.2 Å². The summed E-state index contributed by atoms with van der Waals surface area (Å²) in [7, 11) is 0. The Hall–Kier alpha value is -2.94. The highest BCUT2D eigenvalue weighted by molar-refractivity contribution is 6.11. The van der Waals surface area contributed by atoms with Crippen LogP contribution < -0.4 is 0 Å². The maximum atomic E-state index is 11.8. The van der Waals surface area contributed by atoms with Gasteiger partial charge in [-0.2, -0.15) is 0 Å². The number of carbonyl (C=O) groups is 1. The van der Waals surface area contributed by atoms with Gasteiger partial charge in [-0.3, -0.25) is 0 Å². The van der Waals surface area contributed by atoms with Gasteiger partial charge in [0, 0.05) is 6.08 Å². The van der Waals surface area contributed by atoms with Crippen LogP contribution in [0.25, 0.3) is 12.2 Å². The Morgan fingerprint density at radius 2 is 1.64 bits per heavy atom. The first-order valence-electron chi connectivity index (χ1n) is 7.03. The minimum absolute atomic E-state index is 0.313. The predicted octanol–water partition coefficient (Wildman–Crippen LogP) is 4.00. The van der Waals surface area contributed by atoms with E-state index in [4.69, 9.17) is 4.74 Å². The van der Waals surface area contributed by atoms with E-state index in [1.165, 1.54) is 5.56 Å². The molecule has 3 nitrogen and oxygen atoms in total. The second-order valence-electron chi connectivity index (χ2n) is 5.02. The summed E-state index contributed by atoms with van der Waals surface area (Å²) in [6, 6.07) is 17.6. The molecule has 0 unspecified atom stereocenters. The van der Waals surface area contributed by atoms with E-state index in [2.05, 4.69) is 4.99 Å². The van der Waals surface area contributed by atoms with Crippen LogP contribution in [0.3, 0.4) is 0 Å². The standard InChI is InChI=1S/C19H15NO2/c1-14-7-9-15(10-8-14)11-12-18-20-17(19(21)22-18)13-16-5-3-2-4-6-16/h2-13H,1H3. The van der Waals surface area contributed by atoms with Crippen molar-refractivity contribution in [1.29, 1.82) is 0 Å². The number of ether oxygens (including phenoxy) is 1. The van der Waals surface area contributed by atoms with Gasteiger partial charge in [0.1, 0.15) is 0 Å². The average Bonchev–Trinajstić information content (AvgIpc) is 2.88. The number of benzene rings is 2. The van der Waals surface area contributed by atoms with Gasteiger partial charge in [0.25, 0.3) is 0 Å². The van der Waals surface area contributed by atoms with Crippen molar-refractivity contribution in [3.8, 4) is 0 Å². The number of aryl methyl sites for hydroxylation is 1. The molecule has 1 heterocycles. The third-order valence-electron chi connectivity index (χ3n) is 3.24. The van der Waals surface area contributed by atoms with Crippen LogP contribution in [0.5, 0.6) is 0 Å². The second kappa shape index (κ2) is 6.22. The zero-order valence-corrected chi connectivity index (χ0v) is 12.2. The number of cyclic esters (lactones) is 1. The molecule has 0 N–H and O–H groups in total. The number of hydrogen-bond donors (Lipinski definition) is 0. The fourth-order valence-electron chi connectivity index (χ4n) is 2.05. The molecule has 2 aromatic rings. The molecule has 0 saturated carbocycles. The molecule has 0 bridgehead atoms. The summed E-state index contributed by atoms with van der Waals surface area (Å²) in [4.78, 5) is 16.0. The Bertz CT molecular complexity index is 769. The van der Waals surface area contributed by atoms with Crippen molar-refractivity contribution in [2.75, 3.05) is 0 Å². The van der Waals surface area contributed by atoms with Gasteiger partial charge in [-0.25, -0.2) is 9.79 Å². The van der Waals surface area contributed by atoms with Gasteiger partial charge >= 0.3 is 5.97 Å². The first kappa shape index (κ1) is 14.0. The van der Waals surface area contributed by atoms with E-state index >= 15 is 0 Å². The molecule has 3 rings (SSSR count). The lowest BCUT2D eigenvalue weighted by atomic mass is 10.1. The van der Waals surface area contributed by atoms with Gasteiger partial charge in [0.15, 0.2) is 5.70 Å². The topological polar surface area (TPSA) is 38.7 Å². The van der Waals surface area contributed by atoms with Crippen LogP contribution in [0.1, 0.15) is 16.7 Å². The normalized spacial score (nSPS) is 16.1. The maximum Gasteiger partial charge on any atom is 0.363 e. The van der Waals surface area contributed by atoms with Crippen molar-refractivity contribution in [1.82, 2.24) is 0 Å². The Labute approximate surface area is 129 Å².